The molecule has 0 spiro atoms. The van der Waals surface area contributed by atoms with Gasteiger partial charge in [0.15, 0.2) is 23.9 Å². The normalized spacial score (nSPS) is 10.7. The molecule has 0 aliphatic rings. The summed E-state index contributed by atoms with van der Waals surface area (Å²) in [5, 5.41) is 14.7. The molecule has 0 N–H and O–H groups in total. The van der Waals surface area contributed by atoms with Gasteiger partial charge in [0.1, 0.15) is 0 Å². The highest BCUT2D eigenvalue weighted by Gasteiger charge is 2.14. The van der Waals surface area contributed by atoms with Crippen LogP contribution in [-0.4, -0.2) is 22.2 Å². The topological polar surface area (TPSA) is 101 Å². The second-order valence-electron chi connectivity index (χ2n) is 5.08. The van der Waals surface area contributed by atoms with Crippen molar-refractivity contribution in [2.75, 3.05) is 7.11 Å². The lowest BCUT2D eigenvalue weighted by Gasteiger charge is -2.08. The molecule has 0 saturated heterocycles. The van der Waals surface area contributed by atoms with E-state index in [4.69, 9.17) is 14.0 Å². The lowest BCUT2D eigenvalue weighted by Crippen LogP contribution is -2.00. The molecule has 0 aliphatic carbocycles. The Kier molecular flexibility index (Phi) is 4.92. The van der Waals surface area contributed by atoms with Crippen molar-refractivity contribution < 1.29 is 18.9 Å². The van der Waals surface area contributed by atoms with Gasteiger partial charge in [-0.05, 0) is 12.0 Å². The standard InChI is InChI=1S/C14H17N3O5/c1-9(2)6-13-15-14(22-16-13)8-21-12-7-10(17(18)19)4-5-11(12)20-3/h4-5,7,9H,6,8H2,1-3H3. The third kappa shape index (κ3) is 3.94. The van der Waals surface area contributed by atoms with Crippen LogP contribution in [0.2, 0.25) is 0 Å². The Hall–Kier alpha value is -2.64. The van der Waals surface area contributed by atoms with Gasteiger partial charge >= 0.3 is 0 Å². The first-order valence-electron chi connectivity index (χ1n) is 6.76. The summed E-state index contributed by atoms with van der Waals surface area (Å²) < 4.78 is 15.7. The molecule has 0 amide bonds. The summed E-state index contributed by atoms with van der Waals surface area (Å²) in [5.41, 5.74) is -0.0816. The lowest BCUT2D eigenvalue weighted by molar-refractivity contribution is -0.385. The number of nitrogens with zero attached hydrogens (tertiary/aromatic N) is 3. The molecule has 0 saturated carbocycles. The van der Waals surface area contributed by atoms with Crippen molar-refractivity contribution in [3.63, 3.8) is 0 Å². The maximum atomic E-state index is 10.8. The van der Waals surface area contributed by atoms with Crippen molar-refractivity contribution in [3.8, 4) is 11.5 Å². The number of ether oxygens (including phenoxy) is 2. The van der Waals surface area contributed by atoms with Crippen LogP contribution in [0.4, 0.5) is 5.69 Å². The maximum Gasteiger partial charge on any atom is 0.273 e. The molecule has 0 unspecified atom stereocenters. The van der Waals surface area contributed by atoms with Gasteiger partial charge in [-0.15, -0.1) is 0 Å². The van der Waals surface area contributed by atoms with E-state index in [1.807, 2.05) is 0 Å². The van der Waals surface area contributed by atoms with Crippen LogP contribution in [0.1, 0.15) is 25.6 Å². The second kappa shape index (κ2) is 6.88. The van der Waals surface area contributed by atoms with E-state index in [1.54, 1.807) is 0 Å². The number of non-ortho nitro benzene ring substituents is 1. The SMILES string of the molecule is COc1ccc([N+](=O)[O-])cc1OCc1nc(CC(C)C)no1. The van der Waals surface area contributed by atoms with E-state index in [0.29, 0.717) is 29.8 Å². The van der Waals surface area contributed by atoms with Crippen LogP contribution in [0.25, 0.3) is 0 Å². The summed E-state index contributed by atoms with van der Waals surface area (Å²) in [6.45, 7) is 4.13. The summed E-state index contributed by atoms with van der Waals surface area (Å²) in [5.74, 6) is 1.99. The molecule has 1 aromatic heterocycles. The van der Waals surface area contributed by atoms with Crippen LogP contribution in [-0.2, 0) is 13.0 Å². The Morgan fingerprint density at radius 1 is 1.36 bits per heavy atom. The summed E-state index contributed by atoms with van der Waals surface area (Å²) in [7, 11) is 1.46. The molecular weight excluding hydrogens is 290 g/mol. The zero-order valence-electron chi connectivity index (χ0n) is 12.6. The highest BCUT2D eigenvalue weighted by Crippen LogP contribution is 2.31. The molecule has 2 aromatic rings. The molecule has 0 atom stereocenters. The molecule has 0 bridgehead atoms. The van der Waals surface area contributed by atoms with E-state index < -0.39 is 4.92 Å². The van der Waals surface area contributed by atoms with Crippen LogP contribution in [0.3, 0.4) is 0 Å². The average Bonchev–Trinajstić information content (AvgIpc) is 2.91. The largest absolute Gasteiger partial charge is 0.493 e. The van der Waals surface area contributed by atoms with Gasteiger partial charge in [0.2, 0.25) is 0 Å². The average molecular weight is 307 g/mol. The predicted octanol–water partition coefficient (Wildman–Crippen LogP) is 2.76. The van der Waals surface area contributed by atoms with E-state index in [-0.39, 0.29) is 18.0 Å². The molecule has 22 heavy (non-hydrogen) atoms. The third-order valence-corrected chi connectivity index (χ3v) is 2.81. The first kappa shape index (κ1) is 15.7. The van der Waals surface area contributed by atoms with Crippen LogP contribution in [0.5, 0.6) is 11.5 Å². The summed E-state index contributed by atoms with van der Waals surface area (Å²) >= 11 is 0. The minimum Gasteiger partial charge on any atom is -0.493 e. The van der Waals surface area contributed by atoms with Gasteiger partial charge in [-0.25, -0.2) is 0 Å². The fraction of sp³-hybridized carbons (Fsp3) is 0.429. The fourth-order valence-electron chi connectivity index (χ4n) is 1.83. The number of hydrogen-bond acceptors (Lipinski definition) is 7. The molecule has 0 aliphatic heterocycles. The number of benzene rings is 1. The molecule has 1 aromatic carbocycles. The van der Waals surface area contributed by atoms with E-state index in [9.17, 15) is 10.1 Å². The monoisotopic (exact) mass is 307 g/mol. The van der Waals surface area contributed by atoms with E-state index in [0.717, 1.165) is 0 Å². The highest BCUT2D eigenvalue weighted by molar-refractivity contribution is 5.48. The smallest absolute Gasteiger partial charge is 0.273 e. The Labute approximate surface area is 127 Å². The van der Waals surface area contributed by atoms with Gasteiger partial charge in [-0.1, -0.05) is 19.0 Å². The maximum absolute atomic E-state index is 10.8. The van der Waals surface area contributed by atoms with Crippen molar-refractivity contribution in [3.05, 3.63) is 40.0 Å². The molecule has 1 heterocycles. The van der Waals surface area contributed by atoms with Crippen molar-refractivity contribution >= 4 is 5.69 Å². The van der Waals surface area contributed by atoms with Gasteiger partial charge in [0, 0.05) is 12.5 Å². The fourth-order valence-corrected chi connectivity index (χ4v) is 1.83. The molecule has 8 nitrogen and oxygen atoms in total. The summed E-state index contributed by atoms with van der Waals surface area (Å²) in [4.78, 5) is 14.5. The predicted molar refractivity (Wildman–Crippen MR) is 76.8 cm³/mol. The van der Waals surface area contributed by atoms with Gasteiger partial charge in [-0.3, -0.25) is 10.1 Å². The Morgan fingerprint density at radius 2 is 2.14 bits per heavy atom. The highest BCUT2D eigenvalue weighted by atomic mass is 16.6. The number of rotatable bonds is 7. The molecule has 118 valence electrons. The van der Waals surface area contributed by atoms with Crippen molar-refractivity contribution in [2.24, 2.45) is 5.92 Å². The first-order chi connectivity index (χ1) is 10.5. The Bertz CT molecular complexity index is 654. The first-order valence-corrected chi connectivity index (χ1v) is 6.76. The molecule has 2 rings (SSSR count). The Balaban J connectivity index is 2.08. The number of nitro groups is 1. The number of nitro benzene ring substituents is 1. The van der Waals surface area contributed by atoms with Crippen LogP contribution >= 0.6 is 0 Å². The van der Waals surface area contributed by atoms with Gasteiger partial charge in [0.05, 0.1) is 18.1 Å². The number of methoxy groups -OCH3 is 1. The second-order valence-corrected chi connectivity index (χ2v) is 5.08. The molecule has 0 radical (unpaired) electrons. The van der Waals surface area contributed by atoms with E-state index >= 15 is 0 Å². The Morgan fingerprint density at radius 3 is 2.77 bits per heavy atom. The van der Waals surface area contributed by atoms with Crippen molar-refractivity contribution in [2.45, 2.75) is 26.9 Å². The third-order valence-electron chi connectivity index (χ3n) is 2.81. The van der Waals surface area contributed by atoms with Gasteiger partial charge < -0.3 is 14.0 Å². The zero-order chi connectivity index (χ0) is 16.1. The lowest BCUT2D eigenvalue weighted by atomic mass is 10.1. The molecule has 0 fully saturated rings. The van der Waals surface area contributed by atoms with Gasteiger partial charge in [-0.2, -0.15) is 4.98 Å². The van der Waals surface area contributed by atoms with Crippen molar-refractivity contribution in [1.82, 2.24) is 10.1 Å². The van der Waals surface area contributed by atoms with Crippen LogP contribution < -0.4 is 9.47 Å². The molecule has 8 heteroatoms. The minimum absolute atomic E-state index is 0.0165. The quantitative estimate of drug-likeness (QED) is 0.572. The molecular formula is C14H17N3O5. The summed E-state index contributed by atoms with van der Waals surface area (Å²) in [6, 6.07) is 4.12. The van der Waals surface area contributed by atoms with Gasteiger partial charge in [0.25, 0.3) is 11.6 Å². The van der Waals surface area contributed by atoms with E-state index in [1.165, 1.54) is 25.3 Å². The summed E-state index contributed by atoms with van der Waals surface area (Å²) in [6.07, 6.45) is 0.712. The number of hydrogen-bond donors (Lipinski definition) is 0. The minimum atomic E-state index is -0.500. The van der Waals surface area contributed by atoms with Crippen LogP contribution in [0, 0.1) is 16.0 Å². The van der Waals surface area contributed by atoms with Crippen molar-refractivity contribution in [1.29, 1.82) is 0 Å². The zero-order valence-corrected chi connectivity index (χ0v) is 12.6. The van der Waals surface area contributed by atoms with Crippen LogP contribution in [0.15, 0.2) is 22.7 Å². The van der Waals surface area contributed by atoms with E-state index in [2.05, 4.69) is 24.0 Å². The number of aromatic nitrogens is 2.